The second kappa shape index (κ2) is 8.12. The van der Waals surface area contributed by atoms with Crippen LogP contribution in [0.2, 0.25) is 0 Å². The lowest BCUT2D eigenvalue weighted by molar-refractivity contribution is 0.243. The molecule has 0 aromatic rings. The van der Waals surface area contributed by atoms with Crippen LogP contribution in [-0.4, -0.2) is 57.5 Å². The molecule has 0 fully saturated rings. The Kier molecular flexibility index (Phi) is 8.06. The van der Waals surface area contributed by atoms with Gasteiger partial charge in [-0.25, -0.2) is 8.42 Å². The van der Waals surface area contributed by atoms with Crippen molar-refractivity contribution in [1.82, 2.24) is 10.2 Å². The summed E-state index contributed by atoms with van der Waals surface area (Å²) in [6, 6.07) is 0.473. The van der Waals surface area contributed by atoms with E-state index in [0.717, 1.165) is 13.0 Å². The largest absolute Gasteiger partial charge is 0.312 e. The molecule has 18 heavy (non-hydrogen) atoms. The quantitative estimate of drug-likeness (QED) is 0.692. The molecule has 0 saturated heterocycles. The lowest BCUT2D eigenvalue weighted by atomic mass is 10.0. The molecule has 0 spiro atoms. The average molecular weight is 278 g/mol. The van der Waals surface area contributed by atoms with Gasteiger partial charge in [0.2, 0.25) is 0 Å². The molecule has 0 radical (unpaired) electrons. The maximum Gasteiger partial charge on any atom is 0.151 e. The maximum atomic E-state index is 11.5. The van der Waals surface area contributed by atoms with Crippen molar-refractivity contribution in [1.29, 1.82) is 0 Å². The molecular weight excluding hydrogens is 248 g/mol. The molecule has 5 heteroatoms. The Morgan fingerprint density at radius 1 is 1.17 bits per heavy atom. The van der Waals surface area contributed by atoms with Crippen molar-refractivity contribution in [2.45, 2.75) is 46.2 Å². The predicted molar refractivity (Wildman–Crippen MR) is 78.7 cm³/mol. The van der Waals surface area contributed by atoms with E-state index in [2.05, 4.69) is 38.2 Å². The van der Waals surface area contributed by atoms with E-state index in [4.69, 9.17) is 0 Å². The zero-order valence-corrected chi connectivity index (χ0v) is 13.5. The molecule has 0 saturated carbocycles. The Morgan fingerprint density at radius 2 is 1.72 bits per heavy atom. The molecule has 0 aliphatic heterocycles. The highest BCUT2D eigenvalue weighted by Crippen LogP contribution is 2.08. The number of nitrogens with one attached hydrogen (secondary N) is 1. The van der Waals surface area contributed by atoms with E-state index in [0.29, 0.717) is 12.0 Å². The summed E-state index contributed by atoms with van der Waals surface area (Å²) in [6.45, 7) is 8.90. The first-order valence-corrected chi connectivity index (χ1v) is 8.60. The van der Waals surface area contributed by atoms with Crippen LogP contribution in [0.5, 0.6) is 0 Å². The fourth-order valence-corrected chi connectivity index (χ4v) is 3.03. The standard InChI is InChI=1S/C13H30N2O2S/c1-7-18(16,17)10-12(4)14-9-13(15(5)6)8-11(2)3/h11-14H,7-10H2,1-6H3. The van der Waals surface area contributed by atoms with Gasteiger partial charge in [-0.15, -0.1) is 0 Å². The Bertz CT molecular complexity index is 313. The molecule has 2 atom stereocenters. The third-order valence-electron chi connectivity index (χ3n) is 3.12. The number of sulfone groups is 1. The van der Waals surface area contributed by atoms with Gasteiger partial charge in [-0.05, 0) is 33.4 Å². The van der Waals surface area contributed by atoms with Gasteiger partial charge in [-0.1, -0.05) is 20.8 Å². The van der Waals surface area contributed by atoms with Gasteiger partial charge < -0.3 is 10.2 Å². The summed E-state index contributed by atoms with van der Waals surface area (Å²) in [7, 11) is 1.26. The molecule has 0 bridgehead atoms. The molecule has 0 aromatic heterocycles. The van der Waals surface area contributed by atoms with E-state index in [9.17, 15) is 8.42 Å². The van der Waals surface area contributed by atoms with E-state index in [1.165, 1.54) is 0 Å². The normalized spacial score (nSPS) is 16.2. The lowest BCUT2D eigenvalue weighted by Gasteiger charge is -2.27. The van der Waals surface area contributed by atoms with Crippen LogP contribution >= 0.6 is 0 Å². The van der Waals surface area contributed by atoms with Crippen molar-refractivity contribution in [3.8, 4) is 0 Å². The van der Waals surface area contributed by atoms with E-state index in [1.807, 2.05) is 6.92 Å². The van der Waals surface area contributed by atoms with Crippen molar-refractivity contribution < 1.29 is 8.42 Å². The number of likely N-dealkylation sites (N-methyl/N-ethyl adjacent to an activating group) is 1. The smallest absolute Gasteiger partial charge is 0.151 e. The van der Waals surface area contributed by atoms with Crippen LogP contribution in [-0.2, 0) is 9.84 Å². The minimum absolute atomic E-state index is 0.0181. The van der Waals surface area contributed by atoms with Gasteiger partial charge in [0.05, 0.1) is 5.75 Å². The van der Waals surface area contributed by atoms with Crippen molar-refractivity contribution in [3.63, 3.8) is 0 Å². The molecule has 0 aromatic carbocycles. The molecule has 0 rings (SSSR count). The molecule has 4 nitrogen and oxygen atoms in total. The third-order valence-corrected chi connectivity index (χ3v) is 5.01. The summed E-state index contributed by atoms with van der Waals surface area (Å²) < 4.78 is 23.0. The van der Waals surface area contributed by atoms with Gasteiger partial charge >= 0.3 is 0 Å². The highest BCUT2D eigenvalue weighted by molar-refractivity contribution is 7.91. The average Bonchev–Trinajstić information content (AvgIpc) is 2.22. The fraction of sp³-hybridized carbons (Fsp3) is 1.00. The molecule has 0 heterocycles. The van der Waals surface area contributed by atoms with Crippen LogP contribution in [0.25, 0.3) is 0 Å². The highest BCUT2D eigenvalue weighted by atomic mass is 32.2. The first-order valence-electron chi connectivity index (χ1n) is 6.78. The zero-order valence-electron chi connectivity index (χ0n) is 12.7. The predicted octanol–water partition coefficient (Wildman–Crippen LogP) is 1.38. The van der Waals surface area contributed by atoms with Crippen LogP contribution in [0.15, 0.2) is 0 Å². The Hall–Kier alpha value is -0.130. The van der Waals surface area contributed by atoms with Gasteiger partial charge in [-0.3, -0.25) is 0 Å². The summed E-state index contributed by atoms with van der Waals surface area (Å²) in [5.74, 6) is 1.10. The summed E-state index contributed by atoms with van der Waals surface area (Å²) >= 11 is 0. The van der Waals surface area contributed by atoms with Crippen LogP contribution in [0.1, 0.15) is 34.1 Å². The zero-order chi connectivity index (χ0) is 14.3. The summed E-state index contributed by atoms with van der Waals surface area (Å²) in [4.78, 5) is 2.20. The molecule has 0 amide bonds. The van der Waals surface area contributed by atoms with E-state index in [-0.39, 0.29) is 17.5 Å². The lowest BCUT2D eigenvalue weighted by Crippen LogP contribution is -2.43. The maximum absolute atomic E-state index is 11.5. The van der Waals surface area contributed by atoms with Gasteiger partial charge in [0.25, 0.3) is 0 Å². The Balaban J connectivity index is 4.19. The van der Waals surface area contributed by atoms with E-state index < -0.39 is 9.84 Å². The number of nitrogens with zero attached hydrogens (tertiary/aromatic N) is 1. The van der Waals surface area contributed by atoms with Crippen molar-refractivity contribution in [2.24, 2.45) is 5.92 Å². The summed E-state index contributed by atoms with van der Waals surface area (Å²) in [6.07, 6.45) is 1.12. The van der Waals surface area contributed by atoms with Crippen LogP contribution < -0.4 is 5.32 Å². The van der Waals surface area contributed by atoms with Crippen LogP contribution in [0, 0.1) is 5.92 Å². The monoisotopic (exact) mass is 278 g/mol. The Morgan fingerprint density at radius 3 is 2.11 bits per heavy atom. The number of hydrogen-bond acceptors (Lipinski definition) is 4. The second-order valence-electron chi connectivity index (χ2n) is 5.76. The fourth-order valence-electron chi connectivity index (χ4n) is 1.92. The minimum atomic E-state index is -2.89. The molecule has 0 aliphatic carbocycles. The topological polar surface area (TPSA) is 49.4 Å². The molecule has 110 valence electrons. The SMILES string of the molecule is CCS(=O)(=O)CC(C)NCC(CC(C)C)N(C)C. The van der Waals surface area contributed by atoms with Crippen molar-refractivity contribution in [2.75, 3.05) is 32.1 Å². The molecular formula is C13H30N2O2S. The summed E-state index contributed by atoms with van der Waals surface area (Å²) in [5, 5.41) is 3.34. The first-order chi connectivity index (χ1) is 8.18. The molecule has 0 aliphatic rings. The van der Waals surface area contributed by atoms with E-state index >= 15 is 0 Å². The van der Waals surface area contributed by atoms with Crippen molar-refractivity contribution >= 4 is 9.84 Å². The minimum Gasteiger partial charge on any atom is -0.312 e. The van der Waals surface area contributed by atoms with Gasteiger partial charge in [0.15, 0.2) is 9.84 Å². The third kappa shape index (κ3) is 8.06. The van der Waals surface area contributed by atoms with Gasteiger partial charge in [-0.2, -0.15) is 0 Å². The van der Waals surface area contributed by atoms with Crippen LogP contribution in [0.3, 0.4) is 0 Å². The van der Waals surface area contributed by atoms with E-state index in [1.54, 1.807) is 6.92 Å². The summed E-state index contributed by atoms with van der Waals surface area (Å²) in [5.41, 5.74) is 0. The van der Waals surface area contributed by atoms with Crippen LogP contribution in [0.4, 0.5) is 0 Å². The van der Waals surface area contributed by atoms with Gasteiger partial charge in [0.1, 0.15) is 0 Å². The molecule has 1 N–H and O–H groups in total. The first kappa shape index (κ1) is 17.9. The van der Waals surface area contributed by atoms with Crippen molar-refractivity contribution in [3.05, 3.63) is 0 Å². The number of hydrogen-bond donors (Lipinski definition) is 1. The molecule has 2 unspecified atom stereocenters. The second-order valence-corrected chi connectivity index (χ2v) is 8.15. The Labute approximate surface area is 113 Å². The number of rotatable bonds is 9. The van der Waals surface area contributed by atoms with Gasteiger partial charge in [0, 0.05) is 24.4 Å². The highest BCUT2D eigenvalue weighted by Gasteiger charge is 2.17.